The number of oxime groups is 1. The highest BCUT2D eigenvalue weighted by Gasteiger charge is 2.24. The van der Waals surface area contributed by atoms with Crippen LogP contribution in [0.1, 0.15) is 24.5 Å². The highest BCUT2D eigenvalue weighted by Crippen LogP contribution is 2.36. The fourth-order valence-corrected chi connectivity index (χ4v) is 6.40. The van der Waals surface area contributed by atoms with Crippen molar-refractivity contribution < 1.29 is 18.0 Å². The van der Waals surface area contributed by atoms with Crippen LogP contribution in [0.4, 0.5) is 0 Å². The molecule has 1 heterocycles. The molecule has 1 aromatic heterocycles. The second kappa shape index (κ2) is 10.8. The monoisotopic (exact) mass is 428 g/mol. The van der Waals surface area contributed by atoms with Crippen molar-refractivity contribution in [1.82, 2.24) is 4.72 Å². The van der Waals surface area contributed by atoms with E-state index in [1.165, 1.54) is 24.0 Å². The molecule has 27 heavy (non-hydrogen) atoms. The zero-order valence-corrected chi connectivity index (χ0v) is 18.0. The van der Waals surface area contributed by atoms with E-state index >= 15 is 0 Å². The summed E-state index contributed by atoms with van der Waals surface area (Å²) in [7, 11) is -0.601. The molecule has 0 amide bonds. The van der Waals surface area contributed by atoms with Crippen molar-refractivity contribution in [1.29, 1.82) is 0 Å². The Morgan fingerprint density at radius 3 is 2.67 bits per heavy atom. The average molecular weight is 429 g/mol. The van der Waals surface area contributed by atoms with Crippen molar-refractivity contribution in [2.75, 3.05) is 27.4 Å². The first-order chi connectivity index (χ1) is 13.0. The lowest BCUT2D eigenvalue weighted by Crippen LogP contribution is -2.26. The number of rotatable bonds is 11. The molecule has 0 aliphatic rings. The molecule has 1 aromatic carbocycles. The number of sulfonamides is 1. The molecule has 0 radical (unpaired) electrons. The first kappa shape index (κ1) is 21.9. The van der Waals surface area contributed by atoms with Crippen LogP contribution in [0.25, 0.3) is 0 Å². The molecule has 2 rings (SSSR count). The van der Waals surface area contributed by atoms with E-state index in [9.17, 15) is 8.42 Å². The molecule has 6 nitrogen and oxygen atoms in total. The Kier molecular flexibility index (Phi) is 8.78. The summed E-state index contributed by atoms with van der Waals surface area (Å²) in [6, 6.07) is 11.9. The molecule has 0 saturated heterocycles. The Bertz CT molecular complexity index is 849. The van der Waals surface area contributed by atoms with Gasteiger partial charge in [-0.15, -0.1) is 23.1 Å². The Morgan fingerprint density at radius 2 is 2.00 bits per heavy atom. The number of hydrogen-bond acceptors (Lipinski definition) is 7. The fourth-order valence-electron chi connectivity index (χ4n) is 2.28. The van der Waals surface area contributed by atoms with Gasteiger partial charge in [-0.05, 0) is 25.0 Å². The summed E-state index contributed by atoms with van der Waals surface area (Å²) in [6.07, 6.45) is 0.608. The van der Waals surface area contributed by atoms with Gasteiger partial charge in [0.1, 0.15) is 11.3 Å². The van der Waals surface area contributed by atoms with Crippen molar-refractivity contribution in [3.8, 4) is 0 Å². The lowest BCUT2D eigenvalue weighted by Gasteiger charge is -2.07. The molecular formula is C18H24N2O4S3. The standard InChI is InChI=1S/C18H24N2O4S3/c1-14(20-24-3)16-12-17(25-13-15-8-5-4-6-9-15)26-18(16)27(21,22)19-10-7-11-23-2/h4-6,8-9,12,19H,7,10-11,13H2,1-3H3/b20-14+. The normalized spacial score (nSPS) is 12.3. The third-order valence-electron chi connectivity index (χ3n) is 3.58. The lowest BCUT2D eigenvalue weighted by molar-refractivity contribution is 0.196. The van der Waals surface area contributed by atoms with E-state index in [0.29, 0.717) is 30.8 Å². The Labute approximate surface area is 169 Å². The average Bonchev–Trinajstić information content (AvgIpc) is 3.10. The zero-order chi connectivity index (χ0) is 19.7. The van der Waals surface area contributed by atoms with Crippen molar-refractivity contribution in [2.24, 2.45) is 5.16 Å². The summed E-state index contributed by atoms with van der Waals surface area (Å²) in [6.45, 7) is 2.56. The molecule has 0 aliphatic carbocycles. The number of benzene rings is 1. The van der Waals surface area contributed by atoms with Crippen LogP contribution in [0.5, 0.6) is 0 Å². The molecule has 148 valence electrons. The lowest BCUT2D eigenvalue weighted by atomic mass is 10.2. The number of methoxy groups -OCH3 is 1. The van der Waals surface area contributed by atoms with Gasteiger partial charge in [-0.2, -0.15) is 0 Å². The Hall–Kier alpha value is -1.39. The van der Waals surface area contributed by atoms with Gasteiger partial charge in [-0.25, -0.2) is 13.1 Å². The molecular weight excluding hydrogens is 404 g/mol. The number of hydrogen-bond donors (Lipinski definition) is 1. The number of thioether (sulfide) groups is 1. The SMILES string of the molecule is COCCCNS(=O)(=O)c1sc(SCc2ccccc2)cc1/C(C)=N/OC. The Balaban J connectivity index is 2.23. The van der Waals surface area contributed by atoms with E-state index in [2.05, 4.69) is 9.88 Å². The molecule has 0 unspecified atom stereocenters. The molecule has 1 N–H and O–H groups in total. The summed E-state index contributed by atoms with van der Waals surface area (Å²) in [5, 5.41) is 3.91. The van der Waals surface area contributed by atoms with Crippen molar-refractivity contribution in [3.63, 3.8) is 0 Å². The molecule has 0 aliphatic heterocycles. The predicted molar refractivity (Wildman–Crippen MR) is 111 cm³/mol. The second-order valence-corrected chi connectivity index (χ2v) is 9.93. The topological polar surface area (TPSA) is 77.0 Å². The quantitative estimate of drug-likeness (QED) is 0.255. The van der Waals surface area contributed by atoms with Gasteiger partial charge in [0.2, 0.25) is 0 Å². The van der Waals surface area contributed by atoms with Crippen LogP contribution in [0.2, 0.25) is 0 Å². The van der Waals surface area contributed by atoms with Crippen LogP contribution in [-0.4, -0.2) is 41.5 Å². The molecule has 0 saturated carbocycles. The minimum absolute atomic E-state index is 0.258. The maximum absolute atomic E-state index is 12.8. The van der Waals surface area contributed by atoms with Gasteiger partial charge in [-0.1, -0.05) is 35.5 Å². The van der Waals surface area contributed by atoms with Gasteiger partial charge >= 0.3 is 0 Å². The first-order valence-corrected chi connectivity index (χ1v) is 11.6. The van der Waals surface area contributed by atoms with Crippen LogP contribution in [0.15, 0.2) is 50.0 Å². The molecule has 9 heteroatoms. The van der Waals surface area contributed by atoms with E-state index in [1.54, 1.807) is 25.8 Å². The summed E-state index contributed by atoms with van der Waals surface area (Å²) in [4.78, 5) is 4.83. The minimum Gasteiger partial charge on any atom is -0.399 e. The van der Waals surface area contributed by atoms with Gasteiger partial charge in [-0.3, -0.25) is 0 Å². The van der Waals surface area contributed by atoms with Gasteiger partial charge < -0.3 is 9.57 Å². The van der Waals surface area contributed by atoms with Gasteiger partial charge in [0.25, 0.3) is 10.0 Å². The van der Waals surface area contributed by atoms with Crippen LogP contribution >= 0.6 is 23.1 Å². The van der Waals surface area contributed by atoms with Crippen molar-refractivity contribution >= 4 is 38.8 Å². The molecule has 0 fully saturated rings. The third-order valence-corrected chi connectivity index (χ3v) is 7.99. The van der Waals surface area contributed by atoms with Crippen LogP contribution in [-0.2, 0) is 25.4 Å². The molecule has 0 atom stereocenters. The number of thiophene rings is 1. The summed E-state index contributed by atoms with van der Waals surface area (Å²) in [5.41, 5.74) is 2.27. The highest BCUT2D eigenvalue weighted by atomic mass is 32.3. The second-order valence-electron chi connectivity index (χ2n) is 5.64. The van der Waals surface area contributed by atoms with Crippen molar-refractivity contribution in [2.45, 2.75) is 27.5 Å². The van der Waals surface area contributed by atoms with Gasteiger partial charge in [0, 0.05) is 31.6 Å². The molecule has 2 aromatic rings. The minimum atomic E-state index is -3.63. The number of ether oxygens (including phenoxy) is 1. The van der Waals surface area contributed by atoms with Crippen molar-refractivity contribution in [3.05, 3.63) is 47.5 Å². The smallest absolute Gasteiger partial charge is 0.250 e. The van der Waals surface area contributed by atoms with Crippen LogP contribution in [0, 0.1) is 0 Å². The maximum Gasteiger partial charge on any atom is 0.250 e. The third kappa shape index (κ3) is 6.62. The van der Waals surface area contributed by atoms with E-state index < -0.39 is 10.0 Å². The zero-order valence-electron chi connectivity index (χ0n) is 15.6. The summed E-state index contributed by atoms with van der Waals surface area (Å²) in [5.74, 6) is 0.766. The Morgan fingerprint density at radius 1 is 1.26 bits per heavy atom. The van der Waals surface area contributed by atoms with E-state index in [4.69, 9.17) is 9.57 Å². The van der Waals surface area contributed by atoms with Gasteiger partial charge in [0.05, 0.1) is 9.92 Å². The van der Waals surface area contributed by atoms with Gasteiger partial charge in [0.15, 0.2) is 0 Å². The number of nitrogens with zero attached hydrogens (tertiary/aromatic N) is 1. The largest absolute Gasteiger partial charge is 0.399 e. The molecule has 0 bridgehead atoms. The summed E-state index contributed by atoms with van der Waals surface area (Å²) < 4.78 is 34.3. The molecule has 0 spiro atoms. The van der Waals surface area contributed by atoms with E-state index in [0.717, 1.165) is 9.96 Å². The predicted octanol–water partition coefficient (Wildman–Crippen LogP) is 3.73. The van der Waals surface area contributed by atoms with E-state index in [1.807, 2.05) is 36.4 Å². The first-order valence-electron chi connectivity index (χ1n) is 8.35. The number of nitrogens with one attached hydrogen (secondary N) is 1. The highest BCUT2D eigenvalue weighted by molar-refractivity contribution is 8.01. The summed E-state index contributed by atoms with van der Waals surface area (Å²) >= 11 is 2.85. The van der Waals surface area contributed by atoms with Crippen LogP contribution < -0.4 is 4.72 Å². The van der Waals surface area contributed by atoms with Crippen LogP contribution in [0.3, 0.4) is 0 Å². The van der Waals surface area contributed by atoms with E-state index in [-0.39, 0.29) is 4.21 Å². The maximum atomic E-state index is 12.8. The fraction of sp³-hybridized carbons (Fsp3) is 0.389.